The van der Waals surface area contributed by atoms with E-state index in [1.165, 1.54) is 6.07 Å². The molecule has 0 saturated heterocycles. The van der Waals surface area contributed by atoms with Crippen LogP contribution in [-0.2, 0) is 0 Å². The second-order valence-electron chi connectivity index (χ2n) is 3.79. The van der Waals surface area contributed by atoms with Gasteiger partial charge in [-0.3, -0.25) is 11.3 Å². The SMILES string of the molecule is CCC(C)SCC(NN)c1ccccc1F. The van der Waals surface area contributed by atoms with Gasteiger partial charge in [0.05, 0.1) is 6.04 Å². The number of hydrazine groups is 1. The van der Waals surface area contributed by atoms with E-state index in [4.69, 9.17) is 5.84 Å². The summed E-state index contributed by atoms with van der Waals surface area (Å²) in [5.41, 5.74) is 3.32. The van der Waals surface area contributed by atoms with Crippen molar-refractivity contribution in [3.8, 4) is 0 Å². The zero-order valence-corrected chi connectivity index (χ0v) is 10.6. The Morgan fingerprint density at radius 2 is 2.12 bits per heavy atom. The molecule has 0 heterocycles. The number of thioether (sulfide) groups is 1. The van der Waals surface area contributed by atoms with Crippen molar-refractivity contribution in [2.75, 3.05) is 5.75 Å². The first kappa shape index (κ1) is 13.5. The minimum Gasteiger partial charge on any atom is -0.271 e. The highest BCUT2D eigenvalue weighted by Gasteiger charge is 2.14. The van der Waals surface area contributed by atoms with Gasteiger partial charge in [-0.15, -0.1) is 0 Å². The number of halogens is 1. The molecule has 1 aromatic carbocycles. The van der Waals surface area contributed by atoms with Crippen LogP contribution in [0.15, 0.2) is 24.3 Å². The van der Waals surface area contributed by atoms with Gasteiger partial charge in [-0.05, 0) is 12.5 Å². The van der Waals surface area contributed by atoms with Crippen molar-refractivity contribution < 1.29 is 4.39 Å². The van der Waals surface area contributed by atoms with Crippen molar-refractivity contribution in [1.29, 1.82) is 0 Å². The van der Waals surface area contributed by atoms with Crippen molar-refractivity contribution in [1.82, 2.24) is 5.43 Å². The lowest BCUT2D eigenvalue weighted by Gasteiger charge is -2.18. The van der Waals surface area contributed by atoms with E-state index in [2.05, 4.69) is 19.3 Å². The molecule has 0 aliphatic carbocycles. The molecule has 90 valence electrons. The summed E-state index contributed by atoms with van der Waals surface area (Å²) in [6.45, 7) is 4.31. The van der Waals surface area contributed by atoms with Crippen molar-refractivity contribution in [2.24, 2.45) is 5.84 Å². The maximum absolute atomic E-state index is 13.5. The normalized spacial score (nSPS) is 14.8. The molecule has 0 amide bonds. The van der Waals surface area contributed by atoms with Crippen LogP contribution in [0, 0.1) is 5.82 Å². The lowest BCUT2D eigenvalue weighted by Crippen LogP contribution is -2.30. The summed E-state index contributed by atoms with van der Waals surface area (Å²) in [7, 11) is 0. The molecule has 0 aromatic heterocycles. The van der Waals surface area contributed by atoms with Gasteiger partial charge in [0, 0.05) is 16.6 Å². The van der Waals surface area contributed by atoms with Gasteiger partial charge in [0.2, 0.25) is 0 Å². The Bertz CT molecular complexity index is 320. The molecule has 4 heteroatoms. The third-order valence-electron chi connectivity index (χ3n) is 2.60. The number of hydrogen-bond donors (Lipinski definition) is 2. The molecule has 0 radical (unpaired) electrons. The van der Waals surface area contributed by atoms with E-state index in [0.29, 0.717) is 10.8 Å². The predicted octanol–water partition coefficient (Wildman–Crippen LogP) is 2.86. The van der Waals surface area contributed by atoms with Gasteiger partial charge in [-0.1, -0.05) is 32.0 Å². The Kier molecular flexibility index (Phi) is 5.80. The van der Waals surface area contributed by atoms with Crippen LogP contribution in [0.5, 0.6) is 0 Å². The Hall–Kier alpha value is -0.580. The average molecular weight is 242 g/mol. The van der Waals surface area contributed by atoms with Gasteiger partial charge in [0.1, 0.15) is 5.82 Å². The van der Waals surface area contributed by atoms with Crippen LogP contribution in [0.3, 0.4) is 0 Å². The number of nitrogens with two attached hydrogens (primary N) is 1. The van der Waals surface area contributed by atoms with Crippen LogP contribution < -0.4 is 11.3 Å². The van der Waals surface area contributed by atoms with E-state index in [1.54, 1.807) is 23.9 Å². The average Bonchev–Trinajstić information content (AvgIpc) is 2.31. The highest BCUT2D eigenvalue weighted by Crippen LogP contribution is 2.23. The first-order chi connectivity index (χ1) is 7.69. The fourth-order valence-electron chi connectivity index (χ4n) is 1.36. The van der Waals surface area contributed by atoms with Gasteiger partial charge in [-0.25, -0.2) is 4.39 Å². The minimum atomic E-state index is -0.199. The van der Waals surface area contributed by atoms with Crippen LogP contribution in [0.2, 0.25) is 0 Å². The molecular weight excluding hydrogens is 223 g/mol. The Morgan fingerprint density at radius 1 is 1.44 bits per heavy atom. The quantitative estimate of drug-likeness (QED) is 0.595. The summed E-state index contributed by atoms with van der Waals surface area (Å²) in [5, 5.41) is 0.572. The maximum atomic E-state index is 13.5. The largest absolute Gasteiger partial charge is 0.271 e. The highest BCUT2D eigenvalue weighted by atomic mass is 32.2. The van der Waals surface area contributed by atoms with Crippen LogP contribution in [0.1, 0.15) is 31.9 Å². The molecule has 0 saturated carbocycles. The van der Waals surface area contributed by atoms with Crippen LogP contribution >= 0.6 is 11.8 Å². The predicted molar refractivity (Wildman–Crippen MR) is 68.7 cm³/mol. The fraction of sp³-hybridized carbons (Fsp3) is 0.500. The van der Waals surface area contributed by atoms with E-state index in [0.717, 1.165) is 12.2 Å². The summed E-state index contributed by atoms with van der Waals surface area (Å²) >= 11 is 1.80. The molecule has 0 bridgehead atoms. The van der Waals surface area contributed by atoms with Gasteiger partial charge in [0.15, 0.2) is 0 Å². The lowest BCUT2D eigenvalue weighted by molar-refractivity contribution is 0.546. The summed E-state index contributed by atoms with van der Waals surface area (Å²) in [4.78, 5) is 0. The van der Waals surface area contributed by atoms with Gasteiger partial charge < -0.3 is 0 Å². The first-order valence-corrected chi connectivity index (χ1v) is 6.56. The van der Waals surface area contributed by atoms with Crippen molar-refractivity contribution >= 4 is 11.8 Å². The summed E-state index contributed by atoms with van der Waals surface area (Å²) in [5.74, 6) is 6.06. The van der Waals surface area contributed by atoms with Gasteiger partial charge >= 0.3 is 0 Å². The molecular formula is C12H19FN2S. The van der Waals surface area contributed by atoms with Crippen LogP contribution in [0.25, 0.3) is 0 Å². The monoisotopic (exact) mass is 242 g/mol. The smallest absolute Gasteiger partial charge is 0.128 e. The zero-order valence-electron chi connectivity index (χ0n) is 9.74. The first-order valence-electron chi connectivity index (χ1n) is 5.51. The second kappa shape index (κ2) is 6.89. The number of benzene rings is 1. The lowest BCUT2D eigenvalue weighted by atomic mass is 10.1. The molecule has 2 unspecified atom stereocenters. The van der Waals surface area contributed by atoms with Crippen molar-refractivity contribution in [2.45, 2.75) is 31.6 Å². The minimum absolute atomic E-state index is 0.125. The topological polar surface area (TPSA) is 38.0 Å². The third kappa shape index (κ3) is 3.77. The molecule has 2 nitrogen and oxygen atoms in total. The zero-order chi connectivity index (χ0) is 12.0. The molecule has 3 N–H and O–H groups in total. The van der Waals surface area contributed by atoms with Gasteiger partial charge in [0.25, 0.3) is 0 Å². The van der Waals surface area contributed by atoms with Crippen molar-refractivity contribution in [3.63, 3.8) is 0 Å². The molecule has 2 atom stereocenters. The number of rotatable bonds is 6. The Balaban J connectivity index is 2.64. The van der Waals surface area contributed by atoms with E-state index in [-0.39, 0.29) is 11.9 Å². The molecule has 1 aromatic rings. The number of nitrogens with one attached hydrogen (secondary N) is 1. The van der Waals surface area contributed by atoms with Crippen LogP contribution in [-0.4, -0.2) is 11.0 Å². The summed E-state index contributed by atoms with van der Waals surface area (Å²) in [6, 6.07) is 6.63. The molecule has 0 fully saturated rings. The second-order valence-corrected chi connectivity index (χ2v) is 5.26. The summed E-state index contributed by atoms with van der Waals surface area (Å²) in [6.07, 6.45) is 1.11. The van der Waals surface area contributed by atoms with Crippen LogP contribution in [0.4, 0.5) is 4.39 Å². The molecule has 0 aliphatic heterocycles. The summed E-state index contributed by atoms with van der Waals surface area (Å²) < 4.78 is 13.5. The van der Waals surface area contributed by atoms with E-state index < -0.39 is 0 Å². The molecule has 0 spiro atoms. The molecule has 1 rings (SSSR count). The van der Waals surface area contributed by atoms with E-state index in [1.807, 2.05) is 6.07 Å². The van der Waals surface area contributed by atoms with Crippen molar-refractivity contribution in [3.05, 3.63) is 35.6 Å². The van der Waals surface area contributed by atoms with E-state index in [9.17, 15) is 4.39 Å². The highest BCUT2D eigenvalue weighted by molar-refractivity contribution is 7.99. The Labute approximate surface area is 101 Å². The van der Waals surface area contributed by atoms with E-state index >= 15 is 0 Å². The molecule has 16 heavy (non-hydrogen) atoms. The standard InChI is InChI=1S/C12H19FN2S/c1-3-9(2)16-8-12(15-14)10-6-4-5-7-11(10)13/h4-7,9,12,15H,3,8,14H2,1-2H3. The fourth-order valence-corrected chi connectivity index (χ4v) is 2.40. The molecule has 0 aliphatic rings. The third-order valence-corrected chi connectivity index (χ3v) is 4.03. The number of hydrogen-bond acceptors (Lipinski definition) is 3. The van der Waals surface area contributed by atoms with Gasteiger partial charge in [-0.2, -0.15) is 11.8 Å². The Morgan fingerprint density at radius 3 is 2.69 bits per heavy atom. The maximum Gasteiger partial charge on any atom is 0.128 e.